The van der Waals surface area contributed by atoms with Gasteiger partial charge in [-0.25, -0.2) is 4.98 Å². The molecule has 0 amide bonds. The van der Waals surface area contributed by atoms with E-state index in [1.807, 2.05) is 35.9 Å². The van der Waals surface area contributed by atoms with Crippen LogP contribution in [0.15, 0.2) is 24.5 Å². The van der Waals surface area contributed by atoms with Gasteiger partial charge in [-0.05, 0) is 32.4 Å². The lowest BCUT2D eigenvalue weighted by Crippen LogP contribution is -2.32. The topological polar surface area (TPSA) is 57.8 Å². The number of nitrogens with zero attached hydrogens (tertiary/aromatic N) is 3. The SMILES string of the molecule is Cc1ccc2nc(CN(CCC(=O)O)C(C)C)cn2c1. The van der Waals surface area contributed by atoms with Crippen molar-refractivity contribution in [3.05, 3.63) is 35.8 Å². The predicted octanol–water partition coefficient (Wildman–Crippen LogP) is 2.33. The number of aromatic nitrogens is 2. The van der Waals surface area contributed by atoms with Crippen LogP contribution in [0.5, 0.6) is 0 Å². The zero-order chi connectivity index (χ0) is 14.7. The molecule has 108 valence electrons. The van der Waals surface area contributed by atoms with Crippen LogP contribution in [0.2, 0.25) is 0 Å². The highest BCUT2D eigenvalue weighted by Crippen LogP contribution is 2.11. The Hall–Kier alpha value is -1.88. The number of aryl methyl sites for hydroxylation is 1. The summed E-state index contributed by atoms with van der Waals surface area (Å²) >= 11 is 0. The zero-order valence-electron chi connectivity index (χ0n) is 12.2. The number of imidazole rings is 1. The quantitative estimate of drug-likeness (QED) is 0.879. The van der Waals surface area contributed by atoms with Crippen molar-refractivity contribution < 1.29 is 9.90 Å². The van der Waals surface area contributed by atoms with Gasteiger partial charge in [0.1, 0.15) is 5.65 Å². The monoisotopic (exact) mass is 275 g/mol. The third kappa shape index (κ3) is 3.57. The summed E-state index contributed by atoms with van der Waals surface area (Å²) in [5.41, 5.74) is 3.08. The van der Waals surface area contributed by atoms with E-state index in [1.165, 1.54) is 5.56 Å². The molecule has 5 heteroatoms. The first kappa shape index (κ1) is 14.5. The first-order chi connectivity index (χ1) is 9.45. The fraction of sp³-hybridized carbons (Fsp3) is 0.467. The Morgan fingerprint density at radius 1 is 1.40 bits per heavy atom. The number of hydrogen-bond donors (Lipinski definition) is 1. The Bertz CT molecular complexity index is 604. The van der Waals surface area contributed by atoms with Gasteiger partial charge in [-0.3, -0.25) is 9.69 Å². The zero-order valence-corrected chi connectivity index (χ0v) is 12.2. The van der Waals surface area contributed by atoms with Crippen LogP contribution in [0.1, 0.15) is 31.5 Å². The van der Waals surface area contributed by atoms with Crippen molar-refractivity contribution >= 4 is 11.6 Å². The van der Waals surface area contributed by atoms with Gasteiger partial charge in [0, 0.05) is 31.5 Å². The number of hydrogen-bond acceptors (Lipinski definition) is 3. The van der Waals surface area contributed by atoms with E-state index < -0.39 is 5.97 Å². The average Bonchev–Trinajstić information content (AvgIpc) is 2.75. The molecule has 0 aliphatic carbocycles. The highest BCUT2D eigenvalue weighted by Gasteiger charge is 2.13. The van der Waals surface area contributed by atoms with E-state index in [9.17, 15) is 4.79 Å². The van der Waals surface area contributed by atoms with Gasteiger partial charge in [0.05, 0.1) is 12.1 Å². The van der Waals surface area contributed by atoms with E-state index in [4.69, 9.17) is 5.11 Å². The van der Waals surface area contributed by atoms with Crippen molar-refractivity contribution in [3.63, 3.8) is 0 Å². The molecule has 2 aromatic rings. The molecule has 0 spiro atoms. The van der Waals surface area contributed by atoms with Crippen molar-refractivity contribution in [2.75, 3.05) is 6.54 Å². The molecular formula is C15H21N3O2. The molecule has 2 rings (SSSR count). The minimum Gasteiger partial charge on any atom is -0.481 e. The van der Waals surface area contributed by atoms with Crippen molar-refractivity contribution in [2.24, 2.45) is 0 Å². The van der Waals surface area contributed by atoms with E-state index in [0.29, 0.717) is 19.1 Å². The maximum atomic E-state index is 10.7. The van der Waals surface area contributed by atoms with E-state index in [-0.39, 0.29) is 6.42 Å². The molecular weight excluding hydrogens is 254 g/mol. The third-order valence-electron chi connectivity index (χ3n) is 3.36. The van der Waals surface area contributed by atoms with Gasteiger partial charge in [0.25, 0.3) is 0 Å². The van der Waals surface area contributed by atoms with Gasteiger partial charge in [-0.15, -0.1) is 0 Å². The van der Waals surface area contributed by atoms with Crippen molar-refractivity contribution in [1.82, 2.24) is 14.3 Å². The summed E-state index contributed by atoms with van der Waals surface area (Å²) < 4.78 is 2.01. The molecule has 0 unspecified atom stereocenters. The molecule has 0 aromatic carbocycles. The fourth-order valence-corrected chi connectivity index (χ4v) is 2.20. The molecule has 0 bridgehead atoms. The van der Waals surface area contributed by atoms with E-state index in [0.717, 1.165) is 11.3 Å². The maximum absolute atomic E-state index is 10.7. The van der Waals surface area contributed by atoms with Crippen LogP contribution in [-0.4, -0.2) is 37.9 Å². The predicted molar refractivity (Wildman–Crippen MR) is 77.7 cm³/mol. The lowest BCUT2D eigenvalue weighted by atomic mass is 10.2. The smallest absolute Gasteiger partial charge is 0.304 e. The minimum atomic E-state index is -0.763. The number of rotatable bonds is 6. The number of fused-ring (bicyclic) bond motifs is 1. The average molecular weight is 275 g/mol. The normalized spacial score (nSPS) is 11.7. The van der Waals surface area contributed by atoms with Crippen LogP contribution < -0.4 is 0 Å². The Morgan fingerprint density at radius 3 is 2.80 bits per heavy atom. The number of pyridine rings is 1. The van der Waals surface area contributed by atoms with Gasteiger partial charge in [0.2, 0.25) is 0 Å². The van der Waals surface area contributed by atoms with Crippen LogP contribution in [0.4, 0.5) is 0 Å². The highest BCUT2D eigenvalue weighted by molar-refractivity contribution is 5.66. The summed E-state index contributed by atoms with van der Waals surface area (Å²) in [6.45, 7) is 7.40. The summed E-state index contributed by atoms with van der Waals surface area (Å²) in [7, 11) is 0. The van der Waals surface area contributed by atoms with Gasteiger partial charge in [-0.2, -0.15) is 0 Å². The van der Waals surface area contributed by atoms with E-state index >= 15 is 0 Å². The molecule has 0 saturated carbocycles. The molecule has 5 nitrogen and oxygen atoms in total. The summed E-state index contributed by atoms with van der Waals surface area (Å²) in [6, 6.07) is 4.33. The molecule has 2 aromatic heterocycles. The van der Waals surface area contributed by atoms with Crippen LogP contribution in [0.3, 0.4) is 0 Å². The lowest BCUT2D eigenvalue weighted by Gasteiger charge is -2.24. The Labute approximate surface area is 118 Å². The van der Waals surface area contributed by atoms with Gasteiger partial charge < -0.3 is 9.51 Å². The standard InChI is InChI=1S/C15H21N3O2/c1-11(2)17(7-6-15(19)20)9-13-10-18-8-12(3)4-5-14(18)16-13/h4-5,8,10-11H,6-7,9H2,1-3H3,(H,19,20). The number of aliphatic carboxylic acids is 1. The minimum absolute atomic E-state index is 0.157. The summed E-state index contributed by atoms with van der Waals surface area (Å²) in [5, 5.41) is 8.81. The molecule has 1 N–H and O–H groups in total. The molecule has 0 radical (unpaired) electrons. The number of carboxylic acids is 1. The molecule has 0 atom stereocenters. The second kappa shape index (κ2) is 6.05. The summed E-state index contributed by atoms with van der Waals surface area (Å²) in [4.78, 5) is 17.4. The number of carbonyl (C=O) groups is 1. The molecule has 0 aliphatic heterocycles. The van der Waals surface area contributed by atoms with Crippen LogP contribution in [-0.2, 0) is 11.3 Å². The second-order valence-corrected chi connectivity index (χ2v) is 5.41. The Kier molecular flexibility index (Phi) is 4.39. The fourth-order valence-electron chi connectivity index (χ4n) is 2.20. The van der Waals surface area contributed by atoms with Crippen LogP contribution >= 0.6 is 0 Å². The van der Waals surface area contributed by atoms with Gasteiger partial charge in [0.15, 0.2) is 0 Å². The van der Waals surface area contributed by atoms with Crippen LogP contribution in [0, 0.1) is 6.92 Å². The largest absolute Gasteiger partial charge is 0.481 e. The first-order valence-electron chi connectivity index (χ1n) is 6.86. The molecule has 2 heterocycles. The van der Waals surface area contributed by atoms with Crippen molar-refractivity contribution in [2.45, 2.75) is 39.8 Å². The summed E-state index contributed by atoms with van der Waals surface area (Å²) in [5.74, 6) is -0.763. The van der Waals surface area contributed by atoms with Crippen molar-refractivity contribution in [3.8, 4) is 0 Å². The number of carboxylic acid groups (broad SMARTS) is 1. The maximum Gasteiger partial charge on any atom is 0.304 e. The lowest BCUT2D eigenvalue weighted by molar-refractivity contribution is -0.137. The van der Waals surface area contributed by atoms with Gasteiger partial charge in [-0.1, -0.05) is 6.07 Å². The summed E-state index contributed by atoms with van der Waals surface area (Å²) in [6.07, 6.45) is 4.21. The third-order valence-corrected chi connectivity index (χ3v) is 3.36. The molecule has 20 heavy (non-hydrogen) atoms. The second-order valence-electron chi connectivity index (χ2n) is 5.41. The highest BCUT2D eigenvalue weighted by atomic mass is 16.4. The van der Waals surface area contributed by atoms with E-state index in [2.05, 4.69) is 23.7 Å². The molecule has 0 aliphatic rings. The van der Waals surface area contributed by atoms with Gasteiger partial charge >= 0.3 is 5.97 Å². The molecule has 0 saturated heterocycles. The first-order valence-corrected chi connectivity index (χ1v) is 6.86. The van der Waals surface area contributed by atoms with Crippen LogP contribution in [0.25, 0.3) is 5.65 Å². The van der Waals surface area contributed by atoms with E-state index in [1.54, 1.807) is 0 Å². The molecule has 0 fully saturated rings. The Balaban J connectivity index is 2.13. The van der Waals surface area contributed by atoms with Crippen molar-refractivity contribution in [1.29, 1.82) is 0 Å². The Morgan fingerprint density at radius 2 is 2.15 bits per heavy atom.